The molecule has 0 radical (unpaired) electrons. The number of halogens is 1. The number of sulfonamides is 1. The Kier molecular flexibility index (Phi) is 8.41. The summed E-state index contributed by atoms with van der Waals surface area (Å²) >= 11 is 0. The number of nitriles is 1. The summed E-state index contributed by atoms with van der Waals surface area (Å²) in [5, 5.41) is 11.5. The van der Waals surface area contributed by atoms with Gasteiger partial charge in [0.25, 0.3) is 5.91 Å². The summed E-state index contributed by atoms with van der Waals surface area (Å²) in [4.78, 5) is 12.6. The summed E-state index contributed by atoms with van der Waals surface area (Å²) in [6.45, 7) is 3.67. The van der Waals surface area contributed by atoms with E-state index in [-0.39, 0.29) is 36.0 Å². The van der Waals surface area contributed by atoms with Crippen LogP contribution >= 0.6 is 0 Å². The SMILES string of the molecule is CCN(CC)S(=O)(=O)c1ccc(Oc2ccc(F)cc2)c(NC(=O)COc2ccc(C#N)cc2)c1. The van der Waals surface area contributed by atoms with Crippen molar-refractivity contribution in [3.8, 4) is 23.3 Å². The van der Waals surface area contributed by atoms with E-state index in [2.05, 4.69) is 5.32 Å². The van der Waals surface area contributed by atoms with Gasteiger partial charge in [0.2, 0.25) is 10.0 Å². The fourth-order valence-corrected chi connectivity index (χ4v) is 4.64. The summed E-state index contributed by atoms with van der Waals surface area (Å²) < 4.78 is 51.7. The third kappa shape index (κ3) is 6.56. The molecule has 3 aromatic carbocycles. The van der Waals surface area contributed by atoms with Gasteiger partial charge < -0.3 is 14.8 Å². The number of anilines is 1. The molecule has 3 aromatic rings. The zero-order chi connectivity index (χ0) is 25.4. The van der Waals surface area contributed by atoms with Gasteiger partial charge in [-0.1, -0.05) is 13.8 Å². The lowest BCUT2D eigenvalue weighted by Gasteiger charge is -2.20. The molecular weight excluding hydrogens is 473 g/mol. The minimum Gasteiger partial charge on any atom is -0.484 e. The van der Waals surface area contributed by atoms with E-state index in [0.717, 1.165) is 0 Å². The van der Waals surface area contributed by atoms with E-state index in [9.17, 15) is 17.6 Å². The highest BCUT2D eigenvalue weighted by atomic mass is 32.2. The highest BCUT2D eigenvalue weighted by molar-refractivity contribution is 7.89. The average molecular weight is 498 g/mol. The molecule has 0 aliphatic heterocycles. The lowest BCUT2D eigenvalue weighted by molar-refractivity contribution is -0.118. The highest BCUT2D eigenvalue weighted by Gasteiger charge is 2.23. The fraction of sp³-hybridized carbons (Fsp3) is 0.200. The number of nitrogens with one attached hydrogen (secondary N) is 1. The van der Waals surface area contributed by atoms with Gasteiger partial charge in [-0.05, 0) is 66.7 Å². The molecule has 1 N–H and O–H groups in total. The summed E-state index contributed by atoms with van der Waals surface area (Å²) in [6.07, 6.45) is 0. The van der Waals surface area contributed by atoms with Gasteiger partial charge in [0.1, 0.15) is 17.3 Å². The number of ether oxygens (including phenoxy) is 2. The standard InChI is InChI=1S/C25H24FN3O5S/c1-3-29(4-2)35(31,32)22-13-14-24(34-21-11-7-19(26)8-12-21)23(15-22)28-25(30)17-33-20-9-5-18(16-27)6-10-20/h5-15H,3-4,17H2,1-2H3,(H,28,30). The molecule has 0 atom stereocenters. The highest BCUT2D eigenvalue weighted by Crippen LogP contribution is 2.33. The summed E-state index contributed by atoms with van der Waals surface area (Å²) in [7, 11) is -3.80. The number of rotatable bonds is 10. The van der Waals surface area contributed by atoms with Gasteiger partial charge in [0.15, 0.2) is 12.4 Å². The van der Waals surface area contributed by atoms with Crippen molar-refractivity contribution in [3.05, 3.63) is 78.1 Å². The van der Waals surface area contributed by atoms with E-state index < -0.39 is 21.7 Å². The van der Waals surface area contributed by atoms with Crippen molar-refractivity contribution in [3.63, 3.8) is 0 Å². The third-order valence-corrected chi connectivity index (χ3v) is 7.01. The maximum absolute atomic E-state index is 13.3. The minimum atomic E-state index is -3.80. The smallest absolute Gasteiger partial charge is 0.262 e. The number of carbonyl (C=O) groups is 1. The zero-order valence-electron chi connectivity index (χ0n) is 19.2. The van der Waals surface area contributed by atoms with Crippen LogP contribution in [0.25, 0.3) is 0 Å². The van der Waals surface area contributed by atoms with Crippen LogP contribution in [-0.4, -0.2) is 38.3 Å². The van der Waals surface area contributed by atoms with Crippen molar-refractivity contribution in [1.29, 1.82) is 5.26 Å². The maximum Gasteiger partial charge on any atom is 0.262 e. The minimum absolute atomic E-state index is 0.0176. The fourth-order valence-electron chi connectivity index (χ4n) is 3.16. The van der Waals surface area contributed by atoms with E-state index in [4.69, 9.17) is 14.7 Å². The summed E-state index contributed by atoms with van der Waals surface area (Å²) in [5.74, 6) is -0.140. The number of amides is 1. The molecule has 1 amide bonds. The van der Waals surface area contributed by atoms with Crippen LogP contribution in [0.5, 0.6) is 17.2 Å². The van der Waals surface area contributed by atoms with Gasteiger partial charge in [0, 0.05) is 13.1 Å². The van der Waals surface area contributed by atoms with E-state index in [1.807, 2.05) is 6.07 Å². The zero-order valence-corrected chi connectivity index (χ0v) is 20.0. The molecule has 35 heavy (non-hydrogen) atoms. The Balaban J connectivity index is 1.86. The summed E-state index contributed by atoms with van der Waals surface area (Å²) in [5.41, 5.74) is 0.562. The Morgan fingerprint density at radius 3 is 2.23 bits per heavy atom. The molecule has 0 aromatic heterocycles. The molecule has 0 fully saturated rings. The molecule has 0 bridgehead atoms. The van der Waals surface area contributed by atoms with Gasteiger partial charge in [-0.15, -0.1) is 0 Å². The quantitative estimate of drug-likeness (QED) is 0.441. The first-order valence-electron chi connectivity index (χ1n) is 10.8. The topological polar surface area (TPSA) is 109 Å². The molecule has 0 aliphatic carbocycles. The molecule has 0 heterocycles. The normalized spacial score (nSPS) is 11.1. The predicted octanol–water partition coefficient (Wildman–Crippen LogP) is 4.54. The van der Waals surface area contributed by atoms with Crippen LogP contribution in [0, 0.1) is 17.1 Å². The van der Waals surface area contributed by atoms with Crippen LogP contribution in [0.4, 0.5) is 10.1 Å². The Morgan fingerprint density at radius 2 is 1.63 bits per heavy atom. The third-order valence-electron chi connectivity index (χ3n) is 4.96. The van der Waals surface area contributed by atoms with Crippen molar-refractivity contribution < 1.29 is 27.1 Å². The van der Waals surface area contributed by atoms with Gasteiger partial charge >= 0.3 is 0 Å². The largest absolute Gasteiger partial charge is 0.484 e. The van der Waals surface area contributed by atoms with Crippen LogP contribution < -0.4 is 14.8 Å². The van der Waals surface area contributed by atoms with Crippen molar-refractivity contribution in [2.24, 2.45) is 0 Å². The number of benzene rings is 3. The van der Waals surface area contributed by atoms with Crippen LogP contribution in [0.2, 0.25) is 0 Å². The van der Waals surface area contributed by atoms with Gasteiger partial charge in [-0.25, -0.2) is 12.8 Å². The van der Waals surface area contributed by atoms with Crippen LogP contribution in [0.1, 0.15) is 19.4 Å². The Labute approximate surface area is 203 Å². The lowest BCUT2D eigenvalue weighted by atomic mass is 10.2. The van der Waals surface area contributed by atoms with Gasteiger partial charge in [-0.3, -0.25) is 4.79 Å². The second kappa shape index (κ2) is 11.5. The van der Waals surface area contributed by atoms with Crippen molar-refractivity contribution in [1.82, 2.24) is 4.31 Å². The number of hydrogen-bond acceptors (Lipinski definition) is 6. The molecule has 0 spiro atoms. The van der Waals surface area contributed by atoms with Crippen LogP contribution in [-0.2, 0) is 14.8 Å². The number of carbonyl (C=O) groups excluding carboxylic acids is 1. The van der Waals surface area contributed by atoms with Crippen LogP contribution in [0.15, 0.2) is 71.6 Å². The second-order valence-electron chi connectivity index (χ2n) is 7.28. The first-order valence-corrected chi connectivity index (χ1v) is 12.2. The molecule has 0 saturated carbocycles. The Morgan fingerprint density at radius 1 is 1.00 bits per heavy atom. The maximum atomic E-state index is 13.3. The molecule has 0 unspecified atom stereocenters. The van der Waals surface area contributed by atoms with E-state index >= 15 is 0 Å². The van der Waals surface area contributed by atoms with Crippen LogP contribution in [0.3, 0.4) is 0 Å². The average Bonchev–Trinajstić information content (AvgIpc) is 2.86. The molecule has 0 saturated heterocycles. The molecule has 8 nitrogen and oxygen atoms in total. The second-order valence-corrected chi connectivity index (χ2v) is 9.21. The Bertz CT molecular complexity index is 1320. The molecular formula is C25H24FN3O5S. The first-order chi connectivity index (χ1) is 16.8. The van der Waals surface area contributed by atoms with Crippen molar-refractivity contribution in [2.75, 3.05) is 25.0 Å². The Hall–Kier alpha value is -3.94. The number of hydrogen-bond donors (Lipinski definition) is 1. The van der Waals surface area contributed by atoms with Gasteiger partial charge in [0.05, 0.1) is 22.2 Å². The summed E-state index contributed by atoms with van der Waals surface area (Å²) in [6, 6.07) is 17.6. The molecule has 0 aliphatic rings. The monoisotopic (exact) mass is 497 g/mol. The predicted molar refractivity (Wildman–Crippen MR) is 128 cm³/mol. The lowest BCUT2D eigenvalue weighted by Crippen LogP contribution is -2.30. The molecule has 182 valence electrons. The van der Waals surface area contributed by atoms with E-state index in [0.29, 0.717) is 17.1 Å². The van der Waals surface area contributed by atoms with E-state index in [1.165, 1.54) is 46.8 Å². The first kappa shape index (κ1) is 25.7. The van der Waals surface area contributed by atoms with Gasteiger partial charge in [-0.2, -0.15) is 9.57 Å². The van der Waals surface area contributed by atoms with Crippen molar-refractivity contribution >= 4 is 21.6 Å². The van der Waals surface area contributed by atoms with E-state index in [1.54, 1.807) is 38.1 Å². The molecule has 3 rings (SSSR count). The van der Waals surface area contributed by atoms with Crippen molar-refractivity contribution in [2.45, 2.75) is 18.7 Å². The molecule has 10 heteroatoms. The number of nitrogens with zero attached hydrogens (tertiary/aromatic N) is 2.